The van der Waals surface area contributed by atoms with E-state index in [0.29, 0.717) is 30.0 Å². The molecule has 126 valence electrons. The molecule has 1 aromatic carbocycles. The van der Waals surface area contributed by atoms with E-state index in [0.717, 1.165) is 5.56 Å². The summed E-state index contributed by atoms with van der Waals surface area (Å²) >= 11 is 0. The first-order chi connectivity index (χ1) is 12.1. The molecule has 5 nitrogen and oxygen atoms in total. The van der Waals surface area contributed by atoms with Gasteiger partial charge in [-0.05, 0) is 29.8 Å². The number of fused-ring (bicyclic) bond motifs is 1. The summed E-state index contributed by atoms with van der Waals surface area (Å²) in [6, 6.07) is 7.19. The molecule has 1 aliphatic heterocycles. The van der Waals surface area contributed by atoms with Crippen molar-refractivity contribution in [1.29, 1.82) is 0 Å². The van der Waals surface area contributed by atoms with Crippen LogP contribution in [0, 0.1) is 11.6 Å². The Bertz CT molecular complexity index is 933. The minimum absolute atomic E-state index is 0.286. The van der Waals surface area contributed by atoms with E-state index in [4.69, 9.17) is 0 Å². The molecule has 0 saturated heterocycles. The van der Waals surface area contributed by atoms with Crippen molar-refractivity contribution in [2.75, 3.05) is 11.9 Å². The molecule has 0 fully saturated rings. The SMILES string of the molecule is O=C1NCCn2cc(-c3ccncc3)c(Nc3c(F)cccc3F)c21. The number of amides is 1. The van der Waals surface area contributed by atoms with E-state index in [1.807, 2.05) is 6.20 Å². The number of rotatable bonds is 3. The Kier molecular flexibility index (Phi) is 3.68. The van der Waals surface area contributed by atoms with Gasteiger partial charge >= 0.3 is 0 Å². The van der Waals surface area contributed by atoms with Crippen LogP contribution < -0.4 is 10.6 Å². The van der Waals surface area contributed by atoms with E-state index in [-0.39, 0.29) is 11.6 Å². The molecule has 7 heteroatoms. The molecule has 0 atom stereocenters. The first-order valence-corrected chi connectivity index (χ1v) is 7.78. The molecule has 0 spiro atoms. The van der Waals surface area contributed by atoms with Gasteiger partial charge in [0.05, 0.1) is 5.69 Å². The number of aromatic nitrogens is 2. The van der Waals surface area contributed by atoms with E-state index in [2.05, 4.69) is 15.6 Å². The number of carbonyl (C=O) groups excluding carboxylic acids is 1. The smallest absolute Gasteiger partial charge is 0.270 e. The van der Waals surface area contributed by atoms with Gasteiger partial charge in [-0.3, -0.25) is 9.78 Å². The lowest BCUT2D eigenvalue weighted by molar-refractivity contribution is 0.0929. The van der Waals surface area contributed by atoms with Crippen LogP contribution in [0.1, 0.15) is 10.5 Å². The molecule has 0 radical (unpaired) electrons. The number of hydrogen-bond acceptors (Lipinski definition) is 3. The Hall–Kier alpha value is -3.22. The van der Waals surface area contributed by atoms with Crippen LogP contribution in [0.25, 0.3) is 11.1 Å². The summed E-state index contributed by atoms with van der Waals surface area (Å²) in [4.78, 5) is 16.3. The molecular formula is C18H14F2N4O. The van der Waals surface area contributed by atoms with Crippen molar-refractivity contribution in [1.82, 2.24) is 14.9 Å². The maximum Gasteiger partial charge on any atom is 0.270 e. The van der Waals surface area contributed by atoms with Crippen LogP contribution in [0.3, 0.4) is 0 Å². The van der Waals surface area contributed by atoms with Crippen LogP contribution in [0.4, 0.5) is 20.2 Å². The van der Waals surface area contributed by atoms with Crippen LogP contribution >= 0.6 is 0 Å². The number of benzene rings is 1. The predicted molar refractivity (Wildman–Crippen MR) is 89.6 cm³/mol. The average Bonchev–Trinajstić information content (AvgIpc) is 2.99. The first-order valence-electron chi connectivity index (χ1n) is 7.78. The van der Waals surface area contributed by atoms with Gasteiger partial charge in [0.2, 0.25) is 0 Å². The molecule has 0 aliphatic carbocycles. The van der Waals surface area contributed by atoms with Gasteiger partial charge in [-0.2, -0.15) is 0 Å². The van der Waals surface area contributed by atoms with Crippen molar-refractivity contribution in [3.63, 3.8) is 0 Å². The fourth-order valence-corrected chi connectivity index (χ4v) is 2.97. The van der Waals surface area contributed by atoms with Crippen molar-refractivity contribution in [2.24, 2.45) is 0 Å². The highest BCUT2D eigenvalue weighted by molar-refractivity contribution is 6.04. The topological polar surface area (TPSA) is 59.0 Å². The van der Waals surface area contributed by atoms with Gasteiger partial charge in [-0.25, -0.2) is 8.78 Å². The minimum atomic E-state index is -0.725. The molecule has 3 heterocycles. The number of nitrogens with zero attached hydrogens (tertiary/aromatic N) is 2. The van der Waals surface area contributed by atoms with Crippen LogP contribution in [0.2, 0.25) is 0 Å². The zero-order chi connectivity index (χ0) is 17.4. The fraction of sp³-hybridized carbons (Fsp3) is 0.111. The summed E-state index contributed by atoms with van der Waals surface area (Å²) in [6.45, 7) is 1.09. The van der Waals surface area contributed by atoms with Gasteiger partial charge < -0.3 is 15.2 Å². The molecule has 0 bridgehead atoms. The summed E-state index contributed by atoms with van der Waals surface area (Å²) in [6.07, 6.45) is 5.06. The maximum absolute atomic E-state index is 14.1. The maximum atomic E-state index is 14.1. The number of anilines is 2. The first kappa shape index (κ1) is 15.3. The number of hydrogen-bond donors (Lipinski definition) is 2. The lowest BCUT2D eigenvalue weighted by Gasteiger charge is -2.18. The van der Waals surface area contributed by atoms with E-state index in [9.17, 15) is 13.6 Å². The van der Waals surface area contributed by atoms with Gasteiger partial charge in [0, 0.05) is 37.2 Å². The van der Waals surface area contributed by atoms with Gasteiger partial charge in [-0.15, -0.1) is 0 Å². The average molecular weight is 340 g/mol. The third kappa shape index (κ3) is 2.63. The Morgan fingerprint density at radius 2 is 1.80 bits per heavy atom. The normalized spacial score (nSPS) is 13.3. The van der Waals surface area contributed by atoms with Crippen LogP contribution in [-0.4, -0.2) is 22.0 Å². The van der Waals surface area contributed by atoms with Crippen molar-refractivity contribution in [2.45, 2.75) is 6.54 Å². The van der Waals surface area contributed by atoms with Crippen molar-refractivity contribution >= 4 is 17.3 Å². The summed E-state index contributed by atoms with van der Waals surface area (Å²) in [5, 5.41) is 5.55. The molecule has 4 rings (SSSR count). The third-order valence-electron chi connectivity index (χ3n) is 4.14. The second-order valence-electron chi connectivity index (χ2n) is 5.67. The second-order valence-corrected chi connectivity index (χ2v) is 5.67. The standard InChI is InChI=1S/C18H14F2N4O/c19-13-2-1-3-14(20)16(13)23-15-12(11-4-6-21-7-5-11)10-24-9-8-22-18(25)17(15)24/h1-7,10,23H,8-9H2,(H,22,25). The summed E-state index contributed by atoms with van der Waals surface area (Å²) in [5.41, 5.74) is 1.90. The van der Waals surface area contributed by atoms with Crippen molar-refractivity contribution in [3.05, 3.63) is 66.3 Å². The summed E-state index contributed by atoms with van der Waals surface area (Å²) in [5.74, 6) is -1.74. The summed E-state index contributed by atoms with van der Waals surface area (Å²) in [7, 11) is 0. The lowest BCUT2D eigenvalue weighted by atomic mass is 10.1. The number of carbonyl (C=O) groups is 1. The molecule has 2 N–H and O–H groups in total. The minimum Gasteiger partial charge on any atom is -0.349 e. The third-order valence-corrected chi connectivity index (χ3v) is 4.14. The molecule has 0 unspecified atom stereocenters. The van der Waals surface area contributed by atoms with Gasteiger partial charge in [0.25, 0.3) is 5.91 Å². The number of nitrogens with one attached hydrogen (secondary N) is 2. The lowest BCUT2D eigenvalue weighted by Crippen LogP contribution is -2.35. The fourth-order valence-electron chi connectivity index (χ4n) is 2.97. The number of para-hydroxylation sites is 1. The molecule has 1 aliphatic rings. The zero-order valence-corrected chi connectivity index (χ0v) is 13.1. The van der Waals surface area contributed by atoms with Crippen molar-refractivity contribution in [3.8, 4) is 11.1 Å². The Morgan fingerprint density at radius 3 is 2.52 bits per heavy atom. The van der Waals surface area contributed by atoms with Crippen molar-refractivity contribution < 1.29 is 13.6 Å². The van der Waals surface area contributed by atoms with Gasteiger partial charge in [0.15, 0.2) is 0 Å². The molecular weight excluding hydrogens is 326 g/mol. The molecule has 0 saturated carbocycles. The Labute approximate surface area is 142 Å². The molecule has 2 aromatic heterocycles. The van der Waals surface area contributed by atoms with E-state index >= 15 is 0 Å². The highest BCUT2D eigenvalue weighted by Crippen LogP contribution is 2.37. The van der Waals surface area contributed by atoms with E-state index in [1.165, 1.54) is 18.2 Å². The predicted octanol–water partition coefficient (Wildman–Crippen LogP) is 3.32. The molecule has 1 amide bonds. The highest BCUT2D eigenvalue weighted by Gasteiger charge is 2.26. The molecule has 3 aromatic rings. The number of halogens is 2. The quantitative estimate of drug-likeness (QED) is 0.769. The highest BCUT2D eigenvalue weighted by atomic mass is 19.1. The number of pyridine rings is 1. The molecule has 25 heavy (non-hydrogen) atoms. The summed E-state index contributed by atoms with van der Waals surface area (Å²) < 4.78 is 30.0. The zero-order valence-electron chi connectivity index (χ0n) is 13.1. The van der Waals surface area contributed by atoms with E-state index in [1.54, 1.807) is 29.1 Å². The van der Waals surface area contributed by atoms with E-state index < -0.39 is 11.6 Å². The van der Waals surface area contributed by atoms with Crippen LogP contribution in [0.5, 0.6) is 0 Å². The van der Waals surface area contributed by atoms with Crippen LogP contribution in [-0.2, 0) is 6.54 Å². The van der Waals surface area contributed by atoms with Gasteiger partial charge in [0.1, 0.15) is 23.0 Å². The second kappa shape index (κ2) is 6.01. The Balaban J connectivity index is 1.91. The monoisotopic (exact) mass is 340 g/mol. The Morgan fingerprint density at radius 1 is 1.08 bits per heavy atom. The van der Waals surface area contributed by atoms with Crippen LogP contribution in [0.15, 0.2) is 48.9 Å². The van der Waals surface area contributed by atoms with Gasteiger partial charge in [-0.1, -0.05) is 6.07 Å². The largest absolute Gasteiger partial charge is 0.349 e.